The van der Waals surface area contributed by atoms with E-state index in [1.54, 1.807) is 0 Å². The summed E-state index contributed by atoms with van der Waals surface area (Å²) >= 11 is 0. The Bertz CT molecular complexity index is 623. The van der Waals surface area contributed by atoms with Crippen LogP contribution in [0.5, 0.6) is 0 Å². The highest BCUT2D eigenvalue weighted by molar-refractivity contribution is 5.76. The normalized spacial score (nSPS) is 25.9. The highest BCUT2D eigenvalue weighted by Crippen LogP contribution is 2.38. The third-order valence-electron chi connectivity index (χ3n) is 5.00. The summed E-state index contributed by atoms with van der Waals surface area (Å²) in [5, 5.41) is 0. The van der Waals surface area contributed by atoms with Crippen LogP contribution in [0.15, 0.2) is 24.3 Å². The molecule has 0 radical (unpaired) electrons. The van der Waals surface area contributed by atoms with Gasteiger partial charge in [-0.1, -0.05) is 25.0 Å². The van der Waals surface area contributed by atoms with Gasteiger partial charge in [-0.05, 0) is 43.7 Å². The molecule has 0 spiro atoms. The van der Waals surface area contributed by atoms with Crippen molar-refractivity contribution in [2.24, 2.45) is 11.8 Å². The zero-order valence-electron chi connectivity index (χ0n) is 12.0. The first kappa shape index (κ1) is 12.1. The number of hydrogen-bond acceptors (Lipinski definition) is 3. The molecule has 1 aliphatic carbocycles. The first-order chi connectivity index (χ1) is 9.81. The number of fused-ring (bicyclic) bond motifs is 2. The van der Waals surface area contributed by atoms with Gasteiger partial charge in [0.25, 0.3) is 0 Å². The SMILES string of the molecule is Cc1nc2ccccc2nc1N1CC2CCCCC2C1. The van der Waals surface area contributed by atoms with Crippen molar-refractivity contribution in [1.82, 2.24) is 9.97 Å². The maximum Gasteiger partial charge on any atom is 0.150 e. The highest BCUT2D eigenvalue weighted by Gasteiger charge is 2.35. The standard InChI is InChI=1S/C17H21N3/c1-12-17(19-16-9-5-4-8-15(16)18-12)20-10-13-6-2-3-7-14(13)11-20/h4-5,8-9,13-14H,2-3,6-7,10-11H2,1H3. The molecular weight excluding hydrogens is 246 g/mol. The predicted octanol–water partition coefficient (Wildman–Crippen LogP) is 3.56. The second-order valence-electron chi connectivity index (χ2n) is 6.33. The average Bonchev–Trinajstić information content (AvgIpc) is 2.90. The molecule has 0 bridgehead atoms. The number of aromatic nitrogens is 2. The maximum atomic E-state index is 4.88. The maximum absolute atomic E-state index is 4.88. The van der Waals surface area contributed by atoms with E-state index < -0.39 is 0 Å². The fourth-order valence-electron chi connectivity index (χ4n) is 3.96. The average molecular weight is 267 g/mol. The molecule has 4 rings (SSSR count). The number of hydrogen-bond donors (Lipinski definition) is 0. The van der Waals surface area contributed by atoms with Crippen LogP contribution in [-0.2, 0) is 0 Å². The van der Waals surface area contributed by atoms with Gasteiger partial charge in [-0.15, -0.1) is 0 Å². The van der Waals surface area contributed by atoms with Crippen LogP contribution < -0.4 is 4.90 Å². The molecule has 20 heavy (non-hydrogen) atoms. The summed E-state index contributed by atoms with van der Waals surface area (Å²) in [4.78, 5) is 12.1. The monoisotopic (exact) mass is 267 g/mol. The Morgan fingerprint density at radius 1 is 0.950 bits per heavy atom. The highest BCUT2D eigenvalue weighted by atomic mass is 15.2. The number of para-hydroxylation sites is 2. The first-order valence-electron chi connectivity index (χ1n) is 7.79. The number of rotatable bonds is 1. The number of aryl methyl sites for hydroxylation is 1. The van der Waals surface area contributed by atoms with Crippen LogP contribution in [0.4, 0.5) is 5.82 Å². The van der Waals surface area contributed by atoms with Gasteiger partial charge in [-0.2, -0.15) is 0 Å². The Balaban J connectivity index is 1.70. The minimum Gasteiger partial charge on any atom is -0.355 e. The van der Waals surface area contributed by atoms with E-state index in [2.05, 4.69) is 17.9 Å². The molecule has 2 fully saturated rings. The van der Waals surface area contributed by atoms with Gasteiger partial charge >= 0.3 is 0 Å². The van der Waals surface area contributed by atoms with Gasteiger partial charge < -0.3 is 4.90 Å². The lowest BCUT2D eigenvalue weighted by Gasteiger charge is -2.22. The van der Waals surface area contributed by atoms with Gasteiger partial charge in [0.2, 0.25) is 0 Å². The number of nitrogens with zero attached hydrogens (tertiary/aromatic N) is 3. The fraction of sp³-hybridized carbons (Fsp3) is 0.529. The lowest BCUT2D eigenvalue weighted by Crippen LogP contribution is -2.22. The van der Waals surface area contributed by atoms with Crippen molar-refractivity contribution >= 4 is 16.9 Å². The lowest BCUT2D eigenvalue weighted by molar-refractivity contribution is 0.299. The Labute approximate surface area is 120 Å². The molecule has 2 atom stereocenters. The van der Waals surface area contributed by atoms with E-state index in [4.69, 9.17) is 9.97 Å². The Hall–Kier alpha value is -1.64. The van der Waals surface area contributed by atoms with Crippen molar-refractivity contribution in [3.8, 4) is 0 Å². The summed E-state index contributed by atoms with van der Waals surface area (Å²) in [7, 11) is 0. The Morgan fingerprint density at radius 3 is 2.20 bits per heavy atom. The van der Waals surface area contributed by atoms with Gasteiger partial charge in [0, 0.05) is 13.1 Å². The molecule has 1 aromatic carbocycles. The summed E-state index contributed by atoms with van der Waals surface area (Å²) < 4.78 is 0. The summed E-state index contributed by atoms with van der Waals surface area (Å²) in [6.45, 7) is 4.45. The quantitative estimate of drug-likeness (QED) is 0.791. The third kappa shape index (κ3) is 1.96. The topological polar surface area (TPSA) is 29.0 Å². The van der Waals surface area contributed by atoms with Crippen LogP contribution in [-0.4, -0.2) is 23.1 Å². The van der Waals surface area contributed by atoms with E-state index in [1.165, 1.54) is 38.8 Å². The van der Waals surface area contributed by atoms with Crippen molar-refractivity contribution in [2.45, 2.75) is 32.6 Å². The van der Waals surface area contributed by atoms with E-state index in [0.717, 1.165) is 34.4 Å². The van der Waals surface area contributed by atoms with Gasteiger partial charge in [-0.3, -0.25) is 0 Å². The van der Waals surface area contributed by atoms with E-state index >= 15 is 0 Å². The van der Waals surface area contributed by atoms with Gasteiger partial charge in [0.05, 0.1) is 16.7 Å². The van der Waals surface area contributed by atoms with E-state index in [0.29, 0.717) is 0 Å². The molecule has 0 amide bonds. The van der Waals surface area contributed by atoms with Crippen LogP contribution in [0.2, 0.25) is 0 Å². The van der Waals surface area contributed by atoms with Crippen molar-refractivity contribution in [3.63, 3.8) is 0 Å². The van der Waals surface area contributed by atoms with Crippen LogP contribution in [0, 0.1) is 18.8 Å². The van der Waals surface area contributed by atoms with Crippen molar-refractivity contribution in [3.05, 3.63) is 30.0 Å². The summed E-state index contributed by atoms with van der Waals surface area (Å²) in [6, 6.07) is 8.18. The summed E-state index contributed by atoms with van der Waals surface area (Å²) in [5.74, 6) is 2.88. The van der Waals surface area contributed by atoms with Crippen molar-refractivity contribution in [1.29, 1.82) is 0 Å². The molecule has 2 aromatic rings. The molecule has 1 saturated carbocycles. The fourth-order valence-corrected chi connectivity index (χ4v) is 3.96. The van der Waals surface area contributed by atoms with Crippen LogP contribution >= 0.6 is 0 Å². The molecule has 2 heterocycles. The largest absolute Gasteiger partial charge is 0.355 e. The summed E-state index contributed by atoms with van der Waals surface area (Å²) in [5.41, 5.74) is 3.09. The minimum absolute atomic E-state index is 0.886. The second kappa shape index (κ2) is 4.72. The zero-order valence-corrected chi connectivity index (χ0v) is 12.0. The minimum atomic E-state index is 0.886. The second-order valence-corrected chi connectivity index (χ2v) is 6.33. The molecule has 3 heteroatoms. The van der Waals surface area contributed by atoms with E-state index in [-0.39, 0.29) is 0 Å². The lowest BCUT2D eigenvalue weighted by atomic mass is 9.82. The molecule has 3 nitrogen and oxygen atoms in total. The van der Waals surface area contributed by atoms with Crippen molar-refractivity contribution in [2.75, 3.05) is 18.0 Å². The predicted molar refractivity (Wildman–Crippen MR) is 81.9 cm³/mol. The molecule has 2 aliphatic rings. The van der Waals surface area contributed by atoms with Gasteiger partial charge in [0.15, 0.2) is 5.82 Å². The Kier molecular flexibility index (Phi) is 2.86. The Morgan fingerprint density at radius 2 is 1.55 bits per heavy atom. The molecule has 0 N–H and O–H groups in total. The van der Waals surface area contributed by atoms with Crippen LogP contribution in [0.1, 0.15) is 31.4 Å². The molecular formula is C17H21N3. The smallest absolute Gasteiger partial charge is 0.150 e. The number of benzene rings is 1. The molecule has 1 aliphatic heterocycles. The zero-order chi connectivity index (χ0) is 13.5. The summed E-state index contributed by atoms with van der Waals surface area (Å²) in [6.07, 6.45) is 5.64. The molecule has 1 saturated heterocycles. The van der Waals surface area contributed by atoms with Crippen LogP contribution in [0.3, 0.4) is 0 Å². The van der Waals surface area contributed by atoms with Gasteiger partial charge in [0.1, 0.15) is 0 Å². The van der Waals surface area contributed by atoms with Crippen molar-refractivity contribution < 1.29 is 0 Å². The molecule has 1 aromatic heterocycles. The third-order valence-corrected chi connectivity index (χ3v) is 5.00. The number of anilines is 1. The van der Waals surface area contributed by atoms with E-state index in [1.807, 2.05) is 18.2 Å². The van der Waals surface area contributed by atoms with E-state index in [9.17, 15) is 0 Å². The van der Waals surface area contributed by atoms with Crippen LogP contribution in [0.25, 0.3) is 11.0 Å². The molecule has 104 valence electrons. The molecule has 2 unspecified atom stereocenters. The van der Waals surface area contributed by atoms with Gasteiger partial charge in [-0.25, -0.2) is 9.97 Å². The first-order valence-corrected chi connectivity index (χ1v) is 7.79.